The van der Waals surface area contributed by atoms with Crippen molar-refractivity contribution >= 4 is 5.57 Å². The third-order valence-corrected chi connectivity index (χ3v) is 5.08. The van der Waals surface area contributed by atoms with Gasteiger partial charge in [0.2, 0.25) is 0 Å². The summed E-state index contributed by atoms with van der Waals surface area (Å²) >= 11 is 0. The second-order valence-electron chi connectivity index (χ2n) is 5.96. The highest BCUT2D eigenvalue weighted by molar-refractivity contribution is 5.78. The molecular weight excluding hydrogens is 204 g/mol. The molecule has 86 valence electrons. The van der Waals surface area contributed by atoms with Crippen LogP contribution in [0.3, 0.4) is 0 Å². The van der Waals surface area contributed by atoms with Crippen LogP contribution in [0.2, 0.25) is 0 Å². The van der Waals surface area contributed by atoms with Crippen LogP contribution in [-0.2, 0) is 0 Å². The molecule has 4 rings (SSSR count). The first kappa shape index (κ1) is 9.70. The van der Waals surface area contributed by atoms with Crippen LogP contribution in [0.1, 0.15) is 24.5 Å². The first-order valence-electron chi connectivity index (χ1n) is 6.72. The van der Waals surface area contributed by atoms with Gasteiger partial charge in [-0.25, -0.2) is 0 Å². The van der Waals surface area contributed by atoms with Gasteiger partial charge in [0.05, 0.1) is 0 Å². The molecule has 0 heterocycles. The van der Waals surface area contributed by atoms with Gasteiger partial charge in [0.25, 0.3) is 0 Å². The zero-order valence-electron chi connectivity index (χ0n) is 10.5. The van der Waals surface area contributed by atoms with Crippen molar-refractivity contribution in [1.29, 1.82) is 0 Å². The molecule has 1 aromatic rings. The van der Waals surface area contributed by atoms with Gasteiger partial charge in [0, 0.05) is 0 Å². The molecule has 0 N–H and O–H groups in total. The van der Waals surface area contributed by atoms with Crippen molar-refractivity contribution in [2.45, 2.75) is 20.3 Å². The number of hydrogen-bond donors (Lipinski definition) is 0. The summed E-state index contributed by atoms with van der Waals surface area (Å²) in [5.74, 6) is 3.42. The third-order valence-electron chi connectivity index (χ3n) is 5.08. The van der Waals surface area contributed by atoms with Gasteiger partial charge in [0.15, 0.2) is 0 Å². The average Bonchev–Trinajstić information content (AvgIpc) is 2.89. The largest absolute Gasteiger partial charge is 0.0845 e. The smallest absolute Gasteiger partial charge is 0.00219 e. The minimum Gasteiger partial charge on any atom is -0.0845 e. The summed E-state index contributed by atoms with van der Waals surface area (Å²) < 4.78 is 0. The fraction of sp³-hybridized carbons (Fsp3) is 0.412. The highest BCUT2D eigenvalue weighted by Gasteiger charge is 2.53. The Morgan fingerprint density at radius 3 is 2.24 bits per heavy atom. The Labute approximate surface area is 103 Å². The van der Waals surface area contributed by atoms with Gasteiger partial charge in [0.1, 0.15) is 0 Å². The summed E-state index contributed by atoms with van der Waals surface area (Å²) in [4.78, 5) is 0. The molecule has 0 saturated heterocycles. The maximum Gasteiger partial charge on any atom is -0.00219 e. The summed E-state index contributed by atoms with van der Waals surface area (Å²) in [5.41, 5.74) is 6.15. The van der Waals surface area contributed by atoms with Gasteiger partial charge in [-0.05, 0) is 55.1 Å². The Bertz CT molecular complexity index is 530. The van der Waals surface area contributed by atoms with Crippen molar-refractivity contribution < 1.29 is 0 Å². The first-order valence-corrected chi connectivity index (χ1v) is 6.72. The molecule has 1 saturated carbocycles. The highest BCUT2D eigenvalue weighted by atomic mass is 14.6. The maximum atomic E-state index is 2.46. The molecule has 0 spiro atoms. The normalized spacial score (nSPS) is 37.3. The summed E-state index contributed by atoms with van der Waals surface area (Å²) in [5, 5.41) is 0. The lowest BCUT2D eigenvalue weighted by Crippen LogP contribution is -2.32. The van der Waals surface area contributed by atoms with E-state index in [-0.39, 0.29) is 0 Å². The quantitative estimate of drug-likeness (QED) is 0.624. The number of hydrogen-bond acceptors (Lipinski definition) is 0. The molecule has 1 fully saturated rings. The van der Waals surface area contributed by atoms with E-state index in [2.05, 4.69) is 50.3 Å². The van der Waals surface area contributed by atoms with Crippen LogP contribution >= 0.6 is 0 Å². The van der Waals surface area contributed by atoms with Crippen molar-refractivity contribution in [3.05, 3.63) is 53.1 Å². The van der Waals surface area contributed by atoms with E-state index in [1.54, 1.807) is 11.1 Å². The summed E-state index contributed by atoms with van der Waals surface area (Å²) in [6.07, 6.45) is 6.33. The lowest BCUT2D eigenvalue weighted by Gasteiger charge is -2.42. The Kier molecular flexibility index (Phi) is 1.79. The van der Waals surface area contributed by atoms with E-state index in [0.29, 0.717) is 0 Å². The van der Waals surface area contributed by atoms with E-state index in [0.717, 1.165) is 23.7 Å². The molecule has 0 radical (unpaired) electrons. The van der Waals surface area contributed by atoms with E-state index in [4.69, 9.17) is 0 Å². The second-order valence-corrected chi connectivity index (χ2v) is 5.96. The topological polar surface area (TPSA) is 0 Å². The van der Waals surface area contributed by atoms with Crippen LogP contribution in [-0.4, -0.2) is 0 Å². The zero-order valence-corrected chi connectivity index (χ0v) is 10.5. The molecule has 4 unspecified atom stereocenters. The van der Waals surface area contributed by atoms with Gasteiger partial charge in [-0.2, -0.15) is 0 Å². The molecule has 4 atom stereocenters. The number of benzene rings is 1. The number of fused-ring (bicyclic) bond motifs is 5. The van der Waals surface area contributed by atoms with Crippen molar-refractivity contribution in [2.75, 3.05) is 0 Å². The lowest BCUT2D eigenvalue weighted by atomic mass is 9.62. The molecule has 0 amide bonds. The third kappa shape index (κ3) is 1.14. The Morgan fingerprint density at radius 1 is 0.882 bits per heavy atom. The second kappa shape index (κ2) is 3.13. The van der Waals surface area contributed by atoms with E-state index in [1.165, 1.54) is 17.5 Å². The minimum atomic E-state index is 0.838. The van der Waals surface area contributed by atoms with Gasteiger partial charge in [-0.1, -0.05) is 47.6 Å². The van der Waals surface area contributed by atoms with Gasteiger partial charge in [-0.15, -0.1) is 0 Å². The molecule has 1 aromatic carbocycles. The molecule has 3 aliphatic rings. The molecule has 3 aliphatic carbocycles. The highest BCUT2D eigenvalue weighted by Crippen LogP contribution is 2.63. The standard InChI is InChI=1S/C17H18/c1-10-3-5-12(6-4-10)15-11(2)16-13-7-8-14(9-13)17(15)16/h3-8,13-14,16-17H,9H2,1-2H3. The van der Waals surface area contributed by atoms with Gasteiger partial charge >= 0.3 is 0 Å². The molecule has 0 heteroatoms. The molecule has 0 aromatic heterocycles. The molecule has 0 aliphatic heterocycles. The van der Waals surface area contributed by atoms with Crippen LogP contribution in [0.5, 0.6) is 0 Å². The minimum absolute atomic E-state index is 0.838. The average molecular weight is 222 g/mol. The van der Waals surface area contributed by atoms with E-state index in [9.17, 15) is 0 Å². The van der Waals surface area contributed by atoms with E-state index < -0.39 is 0 Å². The summed E-state index contributed by atoms with van der Waals surface area (Å²) in [6.45, 7) is 4.51. The lowest BCUT2D eigenvalue weighted by molar-refractivity contribution is 0.391. The molecular formula is C17H18. The van der Waals surface area contributed by atoms with Crippen LogP contribution < -0.4 is 0 Å². The first-order chi connectivity index (χ1) is 8.25. The predicted molar refractivity (Wildman–Crippen MR) is 71.5 cm³/mol. The van der Waals surface area contributed by atoms with E-state index in [1.807, 2.05) is 0 Å². The van der Waals surface area contributed by atoms with Gasteiger partial charge < -0.3 is 0 Å². The Hall–Kier alpha value is -1.30. The molecule has 0 nitrogen and oxygen atoms in total. The van der Waals surface area contributed by atoms with E-state index >= 15 is 0 Å². The monoisotopic (exact) mass is 222 g/mol. The molecule has 17 heavy (non-hydrogen) atoms. The van der Waals surface area contributed by atoms with Crippen LogP contribution in [0, 0.1) is 30.6 Å². The van der Waals surface area contributed by atoms with Crippen molar-refractivity contribution in [2.24, 2.45) is 23.7 Å². The van der Waals surface area contributed by atoms with Gasteiger partial charge in [-0.3, -0.25) is 0 Å². The fourth-order valence-electron chi connectivity index (χ4n) is 4.31. The maximum absolute atomic E-state index is 2.46. The number of allylic oxidation sites excluding steroid dienone is 4. The fourth-order valence-corrected chi connectivity index (χ4v) is 4.31. The number of aryl methyl sites for hydroxylation is 1. The SMILES string of the molecule is CC1=C(c2ccc(C)cc2)C2C3C=CC(C3)C12. The van der Waals surface area contributed by atoms with Crippen LogP contribution in [0.15, 0.2) is 42.0 Å². The Balaban J connectivity index is 1.76. The summed E-state index contributed by atoms with van der Waals surface area (Å²) in [7, 11) is 0. The van der Waals surface area contributed by atoms with Crippen molar-refractivity contribution in [3.63, 3.8) is 0 Å². The number of rotatable bonds is 1. The van der Waals surface area contributed by atoms with Crippen molar-refractivity contribution in [3.8, 4) is 0 Å². The predicted octanol–water partition coefficient (Wildman–Crippen LogP) is 4.22. The van der Waals surface area contributed by atoms with Crippen molar-refractivity contribution in [1.82, 2.24) is 0 Å². The van der Waals surface area contributed by atoms with Crippen LogP contribution in [0.4, 0.5) is 0 Å². The van der Waals surface area contributed by atoms with Crippen LogP contribution in [0.25, 0.3) is 5.57 Å². The summed E-state index contributed by atoms with van der Waals surface area (Å²) in [6, 6.07) is 9.10. The Morgan fingerprint density at radius 2 is 1.53 bits per heavy atom. The molecule has 2 bridgehead atoms. The zero-order chi connectivity index (χ0) is 11.6.